The summed E-state index contributed by atoms with van der Waals surface area (Å²) in [5.41, 5.74) is 4.58. The molecule has 5 heteroatoms. The number of allylic oxidation sites excluding steroid dienone is 1. The molecule has 0 saturated heterocycles. The average molecular weight is 470 g/mol. The lowest BCUT2D eigenvalue weighted by atomic mass is 9.99. The third-order valence-corrected chi connectivity index (χ3v) is 5.45. The molecule has 0 saturated carbocycles. The van der Waals surface area contributed by atoms with Crippen molar-refractivity contribution in [3.8, 4) is 16.9 Å². The van der Waals surface area contributed by atoms with Crippen LogP contribution in [0, 0.1) is 5.92 Å². The fourth-order valence-electron chi connectivity index (χ4n) is 3.30. The number of carbonyl (C=O) groups is 1. The summed E-state index contributed by atoms with van der Waals surface area (Å²) in [5, 5.41) is 3.95. The second-order valence-corrected chi connectivity index (χ2v) is 8.65. The lowest BCUT2D eigenvalue weighted by Gasteiger charge is -2.12. The Morgan fingerprint density at radius 1 is 1.23 bits per heavy atom. The summed E-state index contributed by atoms with van der Waals surface area (Å²) in [6.45, 7) is 9.38. The van der Waals surface area contributed by atoms with Crippen LogP contribution in [-0.2, 0) is 4.79 Å². The summed E-state index contributed by atoms with van der Waals surface area (Å²) >= 11 is 3.48. The van der Waals surface area contributed by atoms with E-state index in [4.69, 9.17) is 9.15 Å². The fourth-order valence-corrected chi connectivity index (χ4v) is 3.56. The van der Waals surface area contributed by atoms with Gasteiger partial charge in [0.15, 0.2) is 0 Å². The number of hydrogen-bond acceptors (Lipinski definition) is 3. The molecule has 1 N–H and O–H groups in total. The largest absolute Gasteiger partial charge is 0.493 e. The van der Waals surface area contributed by atoms with Crippen LogP contribution in [0.5, 0.6) is 5.75 Å². The molecule has 158 valence electrons. The maximum atomic E-state index is 12.4. The molecule has 0 fully saturated rings. The van der Waals surface area contributed by atoms with Gasteiger partial charge in [-0.25, -0.2) is 0 Å². The lowest BCUT2D eigenvalue weighted by Crippen LogP contribution is -2.23. The van der Waals surface area contributed by atoms with E-state index in [0.717, 1.165) is 44.1 Å². The van der Waals surface area contributed by atoms with Crippen molar-refractivity contribution in [1.29, 1.82) is 0 Å². The number of rotatable bonds is 8. The summed E-state index contributed by atoms with van der Waals surface area (Å²) < 4.78 is 12.7. The van der Waals surface area contributed by atoms with Crippen molar-refractivity contribution in [3.05, 3.63) is 58.8 Å². The highest BCUT2D eigenvalue weighted by Crippen LogP contribution is 2.37. The molecule has 0 unspecified atom stereocenters. The Labute approximate surface area is 186 Å². The Hall–Kier alpha value is -2.53. The third kappa shape index (κ3) is 5.33. The Bertz CT molecular complexity index is 1050. The molecule has 0 spiro atoms. The Morgan fingerprint density at radius 3 is 2.63 bits per heavy atom. The molecule has 0 atom stereocenters. The molecule has 0 radical (unpaired) electrons. The van der Waals surface area contributed by atoms with Gasteiger partial charge < -0.3 is 14.5 Å². The highest BCUT2D eigenvalue weighted by Gasteiger charge is 2.15. The number of halogens is 1. The standard InChI is InChI=1S/C25H28BrNO3/c1-5-29-23-14-24-21(22(15-30-24)18-6-8-19(26)9-7-18)13-20(23)17(4)12-25(28)27-11-10-16(2)3/h6-9,12-16H,5,10-11H2,1-4H3,(H,27,28)/b17-12+. The number of nitrogens with one attached hydrogen (secondary N) is 1. The highest BCUT2D eigenvalue weighted by atomic mass is 79.9. The van der Waals surface area contributed by atoms with Gasteiger partial charge in [0.25, 0.3) is 0 Å². The van der Waals surface area contributed by atoms with E-state index in [1.807, 2.05) is 32.0 Å². The van der Waals surface area contributed by atoms with Gasteiger partial charge >= 0.3 is 0 Å². The van der Waals surface area contributed by atoms with Gasteiger partial charge in [0.05, 0.1) is 12.9 Å². The zero-order valence-electron chi connectivity index (χ0n) is 17.9. The summed E-state index contributed by atoms with van der Waals surface area (Å²) in [7, 11) is 0. The van der Waals surface area contributed by atoms with Gasteiger partial charge in [-0.3, -0.25) is 4.79 Å². The predicted molar refractivity (Wildman–Crippen MR) is 127 cm³/mol. The Morgan fingerprint density at radius 2 is 1.97 bits per heavy atom. The normalized spacial score (nSPS) is 11.9. The molecular formula is C25H28BrNO3. The van der Waals surface area contributed by atoms with E-state index in [1.165, 1.54) is 0 Å². The molecule has 2 aromatic carbocycles. The van der Waals surface area contributed by atoms with Crippen molar-refractivity contribution in [2.24, 2.45) is 5.92 Å². The predicted octanol–water partition coefficient (Wildman–Crippen LogP) is 6.83. The Balaban J connectivity index is 1.98. The monoisotopic (exact) mass is 469 g/mol. The summed E-state index contributed by atoms with van der Waals surface area (Å²) in [4.78, 5) is 12.4. The summed E-state index contributed by atoms with van der Waals surface area (Å²) in [6.07, 6.45) is 4.37. The average Bonchev–Trinajstić information content (AvgIpc) is 3.10. The molecule has 0 bridgehead atoms. The maximum absolute atomic E-state index is 12.4. The maximum Gasteiger partial charge on any atom is 0.244 e. The van der Waals surface area contributed by atoms with Crippen LogP contribution in [0.25, 0.3) is 27.7 Å². The van der Waals surface area contributed by atoms with Gasteiger partial charge in [-0.2, -0.15) is 0 Å². The van der Waals surface area contributed by atoms with E-state index in [9.17, 15) is 4.79 Å². The number of amides is 1. The second kappa shape index (κ2) is 9.98. The van der Waals surface area contributed by atoms with Crippen molar-refractivity contribution in [2.75, 3.05) is 13.2 Å². The fraction of sp³-hybridized carbons (Fsp3) is 0.320. The van der Waals surface area contributed by atoms with Gasteiger partial charge in [0.2, 0.25) is 5.91 Å². The molecule has 3 rings (SSSR count). The molecule has 1 amide bonds. The number of hydrogen-bond donors (Lipinski definition) is 1. The van der Waals surface area contributed by atoms with Crippen molar-refractivity contribution in [2.45, 2.75) is 34.1 Å². The second-order valence-electron chi connectivity index (χ2n) is 7.73. The first-order chi connectivity index (χ1) is 14.4. The van der Waals surface area contributed by atoms with Crippen LogP contribution in [0.15, 0.2) is 57.6 Å². The number of furan rings is 1. The van der Waals surface area contributed by atoms with Crippen LogP contribution in [0.1, 0.15) is 39.7 Å². The van der Waals surface area contributed by atoms with Crippen LogP contribution < -0.4 is 10.1 Å². The van der Waals surface area contributed by atoms with Crippen molar-refractivity contribution in [3.63, 3.8) is 0 Å². The van der Waals surface area contributed by atoms with E-state index in [1.54, 1.807) is 12.3 Å². The van der Waals surface area contributed by atoms with E-state index >= 15 is 0 Å². The van der Waals surface area contributed by atoms with Crippen LogP contribution in [0.2, 0.25) is 0 Å². The van der Waals surface area contributed by atoms with Crippen molar-refractivity contribution >= 4 is 38.4 Å². The number of ether oxygens (including phenoxy) is 1. The van der Waals surface area contributed by atoms with Crippen LogP contribution in [-0.4, -0.2) is 19.1 Å². The minimum Gasteiger partial charge on any atom is -0.493 e. The molecule has 0 aliphatic carbocycles. The van der Waals surface area contributed by atoms with Crippen LogP contribution >= 0.6 is 15.9 Å². The van der Waals surface area contributed by atoms with Gasteiger partial charge in [0.1, 0.15) is 11.3 Å². The topological polar surface area (TPSA) is 51.5 Å². The minimum absolute atomic E-state index is 0.0870. The van der Waals surface area contributed by atoms with E-state index in [2.05, 4.69) is 53.3 Å². The third-order valence-electron chi connectivity index (χ3n) is 4.92. The smallest absolute Gasteiger partial charge is 0.244 e. The van der Waals surface area contributed by atoms with Gasteiger partial charge in [-0.1, -0.05) is 41.9 Å². The molecule has 1 heterocycles. The minimum atomic E-state index is -0.0870. The van der Waals surface area contributed by atoms with Crippen molar-refractivity contribution < 1.29 is 13.9 Å². The quantitative estimate of drug-likeness (QED) is 0.367. The molecule has 30 heavy (non-hydrogen) atoms. The Kier molecular flexibility index (Phi) is 7.38. The highest BCUT2D eigenvalue weighted by molar-refractivity contribution is 9.10. The first-order valence-corrected chi connectivity index (χ1v) is 11.1. The molecule has 0 aliphatic rings. The van der Waals surface area contributed by atoms with Crippen LogP contribution in [0.4, 0.5) is 0 Å². The van der Waals surface area contributed by atoms with Gasteiger partial charge in [-0.15, -0.1) is 0 Å². The molecule has 1 aromatic heterocycles. The molecular weight excluding hydrogens is 442 g/mol. The molecule has 4 nitrogen and oxygen atoms in total. The zero-order chi connectivity index (χ0) is 21.7. The SMILES string of the molecule is CCOc1cc2occ(-c3ccc(Br)cc3)c2cc1/C(C)=C/C(=O)NCCC(C)C. The summed E-state index contributed by atoms with van der Waals surface area (Å²) in [5.74, 6) is 1.18. The first-order valence-electron chi connectivity index (χ1n) is 10.3. The lowest BCUT2D eigenvalue weighted by molar-refractivity contribution is -0.116. The summed E-state index contributed by atoms with van der Waals surface area (Å²) in [6, 6.07) is 12.1. The van der Waals surface area contributed by atoms with E-state index in [-0.39, 0.29) is 5.91 Å². The number of benzene rings is 2. The van der Waals surface area contributed by atoms with Gasteiger partial charge in [0, 0.05) is 39.7 Å². The molecule has 0 aliphatic heterocycles. The van der Waals surface area contributed by atoms with E-state index < -0.39 is 0 Å². The number of carbonyl (C=O) groups excluding carboxylic acids is 1. The molecule has 3 aromatic rings. The van der Waals surface area contributed by atoms with Crippen LogP contribution in [0.3, 0.4) is 0 Å². The first kappa shape index (κ1) is 22.2. The number of fused-ring (bicyclic) bond motifs is 1. The van der Waals surface area contributed by atoms with Gasteiger partial charge in [-0.05, 0) is 55.5 Å². The zero-order valence-corrected chi connectivity index (χ0v) is 19.5. The van der Waals surface area contributed by atoms with Crippen molar-refractivity contribution in [1.82, 2.24) is 5.32 Å². The van der Waals surface area contributed by atoms with E-state index in [0.29, 0.717) is 24.8 Å².